The lowest BCUT2D eigenvalue weighted by molar-refractivity contribution is 0.102. The summed E-state index contributed by atoms with van der Waals surface area (Å²) in [5.74, 6) is 2.58. The Balaban J connectivity index is 1.39. The van der Waals surface area contributed by atoms with Crippen molar-refractivity contribution >= 4 is 28.4 Å². The third-order valence-corrected chi connectivity index (χ3v) is 6.30. The van der Waals surface area contributed by atoms with Crippen molar-refractivity contribution in [2.75, 3.05) is 19.0 Å². The number of nitrogens with one attached hydrogen (secondary N) is 1. The number of aromatic amines is 1. The number of ketones is 1. The zero-order valence-corrected chi connectivity index (χ0v) is 18.2. The van der Waals surface area contributed by atoms with Crippen molar-refractivity contribution in [3.8, 4) is 22.9 Å². The largest absolute Gasteiger partial charge is 0.486 e. The van der Waals surface area contributed by atoms with Gasteiger partial charge in [-0.05, 0) is 38.1 Å². The molecule has 1 aliphatic rings. The molecule has 31 heavy (non-hydrogen) atoms. The Morgan fingerprint density at radius 3 is 2.77 bits per heavy atom. The Kier molecular flexibility index (Phi) is 5.15. The third kappa shape index (κ3) is 3.57. The quantitative estimate of drug-likeness (QED) is 0.355. The first-order valence-electron chi connectivity index (χ1n) is 10.2. The van der Waals surface area contributed by atoms with E-state index in [-0.39, 0.29) is 5.78 Å². The fourth-order valence-electron chi connectivity index (χ4n) is 3.91. The van der Waals surface area contributed by atoms with E-state index in [9.17, 15) is 4.79 Å². The molecule has 0 saturated carbocycles. The van der Waals surface area contributed by atoms with Gasteiger partial charge in [0.2, 0.25) is 0 Å². The number of hydrogen-bond donors (Lipinski definition) is 1. The Labute approximate surface area is 183 Å². The van der Waals surface area contributed by atoms with Crippen LogP contribution in [0.4, 0.5) is 0 Å². The van der Waals surface area contributed by atoms with Gasteiger partial charge in [-0.2, -0.15) is 0 Å². The fraction of sp³-hybridized carbons (Fsp3) is 0.261. The average Bonchev–Trinajstić information content (AvgIpc) is 3.36. The molecule has 0 amide bonds. The van der Waals surface area contributed by atoms with Crippen molar-refractivity contribution < 1.29 is 14.3 Å². The minimum atomic E-state index is 0.0754. The van der Waals surface area contributed by atoms with Crippen LogP contribution in [0.3, 0.4) is 0 Å². The number of H-pyrrole nitrogens is 1. The van der Waals surface area contributed by atoms with Crippen LogP contribution in [0.2, 0.25) is 0 Å². The minimum Gasteiger partial charge on any atom is -0.486 e. The van der Waals surface area contributed by atoms with E-state index in [2.05, 4.69) is 15.2 Å². The van der Waals surface area contributed by atoms with Crippen LogP contribution in [0.5, 0.6) is 11.5 Å². The number of Topliss-reactive ketones (excluding diaryl/α,β-unsaturated/α-hetero) is 1. The maximum absolute atomic E-state index is 13.0. The van der Waals surface area contributed by atoms with E-state index in [1.165, 1.54) is 11.8 Å². The van der Waals surface area contributed by atoms with Crippen molar-refractivity contribution in [2.24, 2.45) is 0 Å². The molecule has 4 aromatic rings. The molecular weight excluding hydrogens is 412 g/mol. The zero-order valence-electron chi connectivity index (χ0n) is 17.3. The number of fused-ring (bicyclic) bond motifs is 2. The molecule has 0 aliphatic carbocycles. The van der Waals surface area contributed by atoms with Gasteiger partial charge in [0, 0.05) is 34.3 Å². The maximum atomic E-state index is 13.0. The zero-order chi connectivity index (χ0) is 21.4. The van der Waals surface area contributed by atoms with Gasteiger partial charge in [-0.3, -0.25) is 4.79 Å². The van der Waals surface area contributed by atoms with Gasteiger partial charge in [-0.25, -0.2) is 0 Å². The molecule has 2 aromatic carbocycles. The van der Waals surface area contributed by atoms with Gasteiger partial charge >= 0.3 is 0 Å². The molecule has 0 fully saturated rings. The number of benzene rings is 2. The molecule has 1 aliphatic heterocycles. The number of ether oxygens (including phenoxy) is 2. The molecule has 0 saturated heterocycles. The van der Waals surface area contributed by atoms with Gasteiger partial charge in [0.05, 0.1) is 5.75 Å². The first kappa shape index (κ1) is 19.7. The highest BCUT2D eigenvalue weighted by Gasteiger charge is 2.20. The summed E-state index contributed by atoms with van der Waals surface area (Å²) in [6, 6.07) is 13.7. The third-order valence-electron chi connectivity index (χ3n) is 5.34. The van der Waals surface area contributed by atoms with E-state index in [1.807, 2.05) is 60.9 Å². The van der Waals surface area contributed by atoms with E-state index in [4.69, 9.17) is 9.47 Å². The van der Waals surface area contributed by atoms with Crippen molar-refractivity contribution in [1.82, 2.24) is 19.7 Å². The number of hydrogen-bond acceptors (Lipinski definition) is 6. The SMILES string of the molecule is CCn1c(SCC(=O)c2c(C)[nH]c3ccccc23)nnc1-c1ccc2c(c1)OCCO2. The number of aromatic nitrogens is 4. The summed E-state index contributed by atoms with van der Waals surface area (Å²) in [5, 5.41) is 10.4. The number of para-hydroxylation sites is 1. The Morgan fingerprint density at radius 1 is 1.13 bits per heavy atom. The summed E-state index contributed by atoms with van der Waals surface area (Å²) in [6.45, 7) is 5.77. The van der Waals surface area contributed by atoms with E-state index in [0.717, 1.165) is 44.5 Å². The predicted molar refractivity (Wildman–Crippen MR) is 120 cm³/mol. The maximum Gasteiger partial charge on any atom is 0.191 e. The topological polar surface area (TPSA) is 82.0 Å². The lowest BCUT2D eigenvalue weighted by Gasteiger charge is -2.18. The van der Waals surface area contributed by atoms with Crippen LogP contribution >= 0.6 is 11.8 Å². The second kappa shape index (κ2) is 8.11. The van der Waals surface area contributed by atoms with Crippen LogP contribution in [-0.2, 0) is 6.54 Å². The second-order valence-corrected chi connectivity index (χ2v) is 8.23. The number of nitrogens with zero attached hydrogens (tertiary/aromatic N) is 3. The molecule has 3 heterocycles. The Bertz CT molecular complexity index is 1280. The Morgan fingerprint density at radius 2 is 1.94 bits per heavy atom. The van der Waals surface area contributed by atoms with Gasteiger partial charge in [0.25, 0.3) is 0 Å². The fourth-order valence-corrected chi connectivity index (χ4v) is 4.79. The van der Waals surface area contributed by atoms with Gasteiger partial charge in [-0.1, -0.05) is 30.0 Å². The molecule has 5 rings (SSSR count). The van der Waals surface area contributed by atoms with Gasteiger partial charge in [0.15, 0.2) is 28.3 Å². The highest BCUT2D eigenvalue weighted by Crippen LogP contribution is 2.35. The summed E-state index contributed by atoms with van der Waals surface area (Å²) in [6.07, 6.45) is 0. The number of carbonyl (C=O) groups is 1. The lowest BCUT2D eigenvalue weighted by atomic mass is 10.1. The summed E-state index contributed by atoms with van der Waals surface area (Å²) in [4.78, 5) is 16.3. The summed E-state index contributed by atoms with van der Waals surface area (Å²) in [7, 11) is 0. The van der Waals surface area contributed by atoms with Crippen molar-refractivity contribution in [3.63, 3.8) is 0 Å². The standard InChI is InChI=1S/C23H22N4O3S/c1-3-27-22(15-8-9-19-20(12-15)30-11-10-29-19)25-26-23(27)31-13-18(28)21-14(2)24-17-7-5-4-6-16(17)21/h4-9,12,24H,3,10-11,13H2,1-2H3. The van der Waals surface area contributed by atoms with Crippen LogP contribution in [0.15, 0.2) is 47.6 Å². The molecule has 7 nitrogen and oxygen atoms in total. The molecular formula is C23H22N4O3S. The molecule has 158 valence electrons. The molecule has 0 radical (unpaired) electrons. The number of rotatable bonds is 6. The predicted octanol–water partition coefficient (Wildman–Crippen LogP) is 4.50. The van der Waals surface area contributed by atoms with Crippen molar-refractivity contribution in [2.45, 2.75) is 25.5 Å². The molecule has 8 heteroatoms. The number of aryl methyl sites for hydroxylation is 1. The highest BCUT2D eigenvalue weighted by molar-refractivity contribution is 7.99. The Hall–Kier alpha value is -3.26. The summed E-state index contributed by atoms with van der Waals surface area (Å²) in [5.41, 5.74) is 3.52. The average molecular weight is 435 g/mol. The smallest absolute Gasteiger partial charge is 0.191 e. The summed E-state index contributed by atoms with van der Waals surface area (Å²) < 4.78 is 13.3. The van der Waals surface area contributed by atoms with Gasteiger partial charge in [-0.15, -0.1) is 10.2 Å². The van der Waals surface area contributed by atoms with Crippen LogP contribution < -0.4 is 9.47 Å². The van der Waals surface area contributed by atoms with Crippen LogP contribution in [0.1, 0.15) is 23.0 Å². The minimum absolute atomic E-state index is 0.0754. The van der Waals surface area contributed by atoms with Crippen LogP contribution in [0.25, 0.3) is 22.3 Å². The van der Waals surface area contributed by atoms with E-state index in [1.54, 1.807) is 0 Å². The molecule has 0 unspecified atom stereocenters. The van der Waals surface area contributed by atoms with Gasteiger partial charge in [0.1, 0.15) is 13.2 Å². The first-order valence-corrected chi connectivity index (χ1v) is 11.2. The summed E-state index contributed by atoms with van der Waals surface area (Å²) >= 11 is 1.41. The monoisotopic (exact) mass is 434 g/mol. The second-order valence-electron chi connectivity index (χ2n) is 7.29. The molecule has 0 bridgehead atoms. The highest BCUT2D eigenvalue weighted by atomic mass is 32.2. The van der Waals surface area contributed by atoms with Crippen LogP contribution in [0, 0.1) is 6.92 Å². The molecule has 0 spiro atoms. The molecule has 0 atom stereocenters. The number of thioether (sulfide) groups is 1. The normalized spacial score (nSPS) is 13.0. The molecule has 1 N–H and O–H groups in total. The van der Waals surface area contributed by atoms with Crippen molar-refractivity contribution in [1.29, 1.82) is 0 Å². The van der Waals surface area contributed by atoms with E-state index < -0.39 is 0 Å². The lowest BCUT2D eigenvalue weighted by Crippen LogP contribution is -2.15. The van der Waals surface area contributed by atoms with E-state index in [0.29, 0.717) is 31.3 Å². The van der Waals surface area contributed by atoms with Crippen molar-refractivity contribution in [3.05, 3.63) is 53.7 Å². The first-order chi connectivity index (χ1) is 15.2. The van der Waals surface area contributed by atoms with E-state index >= 15 is 0 Å². The molecule has 2 aromatic heterocycles. The van der Waals surface area contributed by atoms with Gasteiger partial charge < -0.3 is 19.0 Å². The van der Waals surface area contributed by atoms with Crippen LogP contribution in [-0.4, -0.2) is 44.5 Å². The number of carbonyl (C=O) groups excluding carboxylic acids is 1.